The van der Waals surface area contributed by atoms with Gasteiger partial charge in [0, 0.05) is 24.5 Å². The van der Waals surface area contributed by atoms with Crippen LogP contribution in [0.15, 0.2) is 60.8 Å². The van der Waals surface area contributed by atoms with Gasteiger partial charge in [0.05, 0.1) is 24.0 Å². The molecular weight excluding hydrogens is 312 g/mol. The van der Waals surface area contributed by atoms with Gasteiger partial charge >= 0.3 is 0 Å². The number of pyridine rings is 1. The minimum Gasteiger partial charge on any atom is -0.489 e. The standard InChI is InChI=1S/C21H22N2O2/c1-2-4-16(5-3-1)15-25-20-6-7-21-18(11-20)10-19(13-23-21)22-12-17-8-9-24-14-17/h1-7,10-11,13,17,22H,8-9,12,14-15H2. The highest BCUT2D eigenvalue weighted by Gasteiger charge is 2.15. The molecule has 0 aliphatic carbocycles. The average molecular weight is 334 g/mol. The number of anilines is 1. The van der Waals surface area contributed by atoms with E-state index in [1.54, 1.807) is 0 Å². The monoisotopic (exact) mass is 334 g/mol. The number of fused-ring (bicyclic) bond motifs is 1. The van der Waals surface area contributed by atoms with E-state index < -0.39 is 0 Å². The molecule has 0 spiro atoms. The molecule has 25 heavy (non-hydrogen) atoms. The molecule has 1 aromatic heterocycles. The molecule has 4 nitrogen and oxygen atoms in total. The highest BCUT2D eigenvalue weighted by atomic mass is 16.5. The van der Waals surface area contributed by atoms with Gasteiger partial charge in [-0.2, -0.15) is 0 Å². The van der Waals surface area contributed by atoms with Crippen LogP contribution in [0.2, 0.25) is 0 Å². The predicted molar refractivity (Wildman–Crippen MR) is 99.9 cm³/mol. The normalized spacial score (nSPS) is 16.9. The van der Waals surface area contributed by atoms with Crippen LogP contribution in [-0.4, -0.2) is 24.7 Å². The SMILES string of the molecule is c1ccc(COc2ccc3ncc(NCC4CCOC4)cc3c2)cc1. The molecule has 3 aromatic rings. The zero-order chi connectivity index (χ0) is 16.9. The summed E-state index contributed by atoms with van der Waals surface area (Å²) in [7, 11) is 0. The van der Waals surface area contributed by atoms with Crippen molar-refractivity contribution in [2.75, 3.05) is 25.1 Å². The van der Waals surface area contributed by atoms with Crippen molar-refractivity contribution in [3.05, 3.63) is 66.4 Å². The van der Waals surface area contributed by atoms with E-state index in [2.05, 4.69) is 34.6 Å². The van der Waals surface area contributed by atoms with E-state index >= 15 is 0 Å². The maximum absolute atomic E-state index is 5.92. The fourth-order valence-electron chi connectivity index (χ4n) is 3.04. The highest BCUT2D eigenvalue weighted by Crippen LogP contribution is 2.23. The molecule has 1 saturated heterocycles. The van der Waals surface area contributed by atoms with Crippen LogP contribution in [0.3, 0.4) is 0 Å². The van der Waals surface area contributed by atoms with Gasteiger partial charge in [0.1, 0.15) is 12.4 Å². The Morgan fingerprint density at radius 3 is 2.88 bits per heavy atom. The smallest absolute Gasteiger partial charge is 0.120 e. The Hall–Kier alpha value is -2.59. The third-order valence-corrected chi connectivity index (χ3v) is 4.52. The predicted octanol–water partition coefficient (Wildman–Crippen LogP) is 4.26. The molecule has 1 atom stereocenters. The van der Waals surface area contributed by atoms with Crippen molar-refractivity contribution in [2.45, 2.75) is 13.0 Å². The Labute approximate surface area is 147 Å². The Morgan fingerprint density at radius 1 is 1.12 bits per heavy atom. The molecule has 1 N–H and O–H groups in total. The highest BCUT2D eigenvalue weighted by molar-refractivity contribution is 5.83. The van der Waals surface area contributed by atoms with Crippen LogP contribution < -0.4 is 10.1 Å². The number of ether oxygens (including phenoxy) is 2. The van der Waals surface area contributed by atoms with E-state index in [1.807, 2.05) is 36.5 Å². The number of benzene rings is 2. The molecule has 0 radical (unpaired) electrons. The fourth-order valence-corrected chi connectivity index (χ4v) is 3.04. The summed E-state index contributed by atoms with van der Waals surface area (Å²) in [5.41, 5.74) is 3.18. The maximum Gasteiger partial charge on any atom is 0.120 e. The van der Waals surface area contributed by atoms with Gasteiger partial charge in [-0.3, -0.25) is 4.98 Å². The molecule has 0 bridgehead atoms. The minimum atomic E-state index is 0.569. The fraction of sp³-hybridized carbons (Fsp3) is 0.286. The number of hydrogen-bond acceptors (Lipinski definition) is 4. The zero-order valence-electron chi connectivity index (χ0n) is 14.2. The molecular formula is C21H22N2O2. The van der Waals surface area contributed by atoms with Crippen molar-refractivity contribution in [2.24, 2.45) is 5.92 Å². The summed E-state index contributed by atoms with van der Waals surface area (Å²) in [4.78, 5) is 4.54. The average Bonchev–Trinajstić information content (AvgIpc) is 3.19. The van der Waals surface area contributed by atoms with Crippen LogP contribution in [0.25, 0.3) is 10.9 Å². The number of aromatic nitrogens is 1. The van der Waals surface area contributed by atoms with Gasteiger partial charge in [-0.15, -0.1) is 0 Å². The third kappa shape index (κ3) is 4.09. The minimum absolute atomic E-state index is 0.569. The van der Waals surface area contributed by atoms with E-state index in [1.165, 1.54) is 0 Å². The molecule has 2 aromatic carbocycles. The van der Waals surface area contributed by atoms with Crippen LogP contribution in [-0.2, 0) is 11.3 Å². The molecule has 0 amide bonds. The molecule has 1 unspecified atom stereocenters. The summed E-state index contributed by atoms with van der Waals surface area (Å²) in [6.45, 7) is 3.23. The summed E-state index contributed by atoms with van der Waals surface area (Å²) >= 11 is 0. The van der Waals surface area contributed by atoms with Gasteiger partial charge < -0.3 is 14.8 Å². The Bertz CT molecular complexity index is 830. The van der Waals surface area contributed by atoms with Crippen molar-refractivity contribution in [3.8, 4) is 5.75 Å². The van der Waals surface area contributed by atoms with E-state index in [4.69, 9.17) is 9.47 Å². The van der Waals surface area contributed by atoms with Gasteiger partial charge in [-0.05, 0) is 36.2 Å². The first-order valence-electron chi connectivity index (χ1n) is 8.75. The Balaban J connectivity index is 1.44. The number of hydrogen-bond donors (Lipinski definition) is 1. The first-order chi connectivity index (χ1) is 12.4. The summed E-state index contributed by atoms with van der Waals surface area (Å²) in [6.07, 6.45) is 3.02. The molecule has 2 heterocycles. The molecule has 128 valence electrons. The van der Waals surface area contributed by atoms with Crippen molar-refractivity contribution >= 4 is 16.6 Å². The van der Waals surface area contributed by atoms with Crippen LogP contribution in [0, 0.1) is 5.92 Å². The van der Waals surface area contributed by atoms with Crippen LogP contribution in [0.5, 0.6) is 5.75 Å². The zero-order valence-corrected chi connectivity index (χ0v) is 14.2. The second kappa shape index (κ2) is 7.53. The van der Waals surface area contributed by atoms with Gasteiger partial charge in [-0.1, -0.05) is 30.3 Å². The van der Waals surface area contributed by atoms with Crippen molar-refractivity contribution in [1.82, 2.24) is 4.98 Å². The first-order valence-corrected chi connectivity index (χ1v) is 8.75. The largest absolute Gasteiger partial charge is 0.489 e. The topological polar surface area (TPSA) is 43.4 Å². The summed E-state index contributed by atoms with van der Waals surface area (Å²) in [5.74, 6) is 1.45. The molecule has 4 heteroatoms. The Kier molecular flexibility index (Phi) is 4.79. The van der Waals surface area contributed by atoms with E-state index in [9.17, 15) is 0 Å². The van der Waals surface area contributed by atoms with Gasteiger partial charge in [-0.25, -0.2) is 0 Å². The molecule has 1 aliphatic rings. The lowest BCUT2D eigenvalue weighted by Crippen LogP contribution is -2.14. The summed E-state index contributed by atoms with van der Waals surface area (Å²) in [5, 5.41) is 4.55. The number of nitrogens with zero attached hydrogens (tertiary/aromatic N) is 1. The van der Waals surface area contributed by atoms with E-state index in [0.717, 1.165) is 54.1 Å². The molecule has 1 fully saturated rings. The van der Waals surface area contributed by atoms with Crippen molar-refractivity contribution in [1.29, 1.82) is 0 Å². The second-order valence-electron chi connectivity index (χ2n) is 6.46. The lowest BCUT2D eigenvalue weighted by Gasteiger charge is -2.11. The van der Waals surface area contributed by atoms with E-state index in [-0.39, 0.29) is 0 Å². The van der Waals surface area contributed by atoms with Crippen LogP contribution >= 0.6 is 0 Å². The summed E-state index contributed by atoms with van der Waals surface area (Å²) < 4.78 is 11.3. The van der Waals surface area contributed by atoms with Gasteiger partial charge in [0.15, 0.2) is 0 Å². The van der Waals surface area contributed by atoms with Gasteiger partial charge in [0.25, 0.3) is 0 Å². The van der Waals surface area contributed by atoms with Gasteiger partial charge in [0.2, 0.25) is 0 Å². The van der Waals surface area contributed by atoms with Crippen molar-refractivity contribution in [3.63, 3.8) is 0 Å². The quantitative estimate of drug-likeness (QED) is 0.731. The number of nitrogens with one attached hydrogen (secondary N) is 1. The lowest BCUT2D eigenvalue weighted by atomic mass is 10.1. The molecule has 1 aliphatic heterocycles. The second-order valence-corrected chi connectivity index (χ2v) is 6.46. The number of rotatable bonds is 6. The van der Waals surface area contributed by atoms with E-state index in [0.29, 0.717) is 12.5 Å². The van der Waals surface area contributed by atoms with Crippen molar-refractivity contribution < 1.29 is 9.47 Å². The maximum atomic E-state index is 5.92. The lowest BCUT2D eigenvalue weighted by molar-refractivity contribution is 0.187. The van der Waals surface area contributed by atoms with Crippen LogP contribution in [0.1, 0.15) is 12.0 Å². The molecule has 0 saturated carbocycles. The van der Waals surface area contributed by atoms with Crippen LogP contribution in [0.4, 0.5) is 5.69 Å². The first kappa shape index (κ1) is 15.9. The third-order valence-electron chi connectivity index (χ3n) is 4.52. The Morgan fingerprint density at radius 2 is 2.04 bits per heavy atom. The molecule has 4 rings (SSSR count). The summed E-state index contributed by atoms with van der Waals surface area (Å²) in [6, 6.07) is 18.4.